The highest BCUT2D eigenvalue weighted by molar-refractivity contribution is 7.86. The lowest BCUT2D eigenvalue weighted by Crippen LogP contribution is -2.42. The van der Waals surface area contributed by atoms with Gasteiger partial charge in [-0.1, -0.05) is 24.3 Å². The van der Waals surface area contributed by atoms with Gasteiger partial charge in [-0.3, -0.25) is 4.18 Å². The van der Waals surface area contributed by atoms with Crippen LogP contribution >= 0.6 is 12.4 Å². The number of hydrogen-bond donors (Lipinski definition) is 1. The van der Waals surface area contributed by atoms with E-state index in [-0.39, 0.29) is 18.4 Å². The Balaban J connectivity index is 0.00000280. The molecule has 3 rings (SSSR count). The summed E-state index contributed by atoms with van der Waals surface area (Å²) in [6, 6.07) is 14.9. The van der Waals surface area contributed by atoms with E-state index in [2.05, 4.69) is 11.4 Å². The molecular formula is C20H22ClFN2O3S. The Morgan fingerprint density at radius 3 is 2.46 bits per heavy atom. The van der Waals surface area contributed by atoms with Crippen LogP contribution in [-0.2, 0) is 14.3 Å². The van der Waals surface area contributed by atoms with Gasteiger partial charge in [-0.15, -0.1) is 12.4 Å². The van der Waals surface area contributed by atoms with Gasteiger partial charge in [0.15, 0.2) is 0 Å². The molecule has 2 aromatic rings. The van der Waals surface area contributed by atoms with E-state index in [9.17, 15) is 12.8 Å². The molecule has 1 aliphatic heterocycles. The van der Waals surface area contributed by atoms with Gasteiger partial charge >= 0.3 is 0 Å². The molecular weight excluding hydrogens is 403 g/mol. The Morgan fingerprint density at radius 1 is 1.21 bits per heavy atom. The molecule has 0 aromatic heterocycles. The predicted octanol–water partition coefficient (Wildman–Crippen LogP) is 3.35. The fraction of sp³-hybridized carbons (Fsp3) is 0.350. The zero-order valence-corrected chi connectivity index (χ0v) is 17.0. The van der Waals surface area contributed by atoms with Crippen LogP contribution in [0.2, 0.25) is 0 Å². The van der Waals surface area contributed by atoms with Gasteiger partial charge in [0, 0.05) is 12.0 Å². The van der Waals surface area contributed by atoms with Crippen molar-refractivity contribution in [3.8, 4) is 6.07 Å². The van der Waals surface area contributed by atoms with E-state index in [1.54, 1.807) is 36.4 Å². The molecule has 1 saturated heterocycles. The normalized spacial score (nSPS) is 18.7. The minimum Gasteiger partial charge on any atom is -0.311 e. The molecule has 1 N–H and O–H groups in total. The second-order valence-corrected chi connectivity index (χ2v) is 8.33. The lowest BCUT2D eigenvalue weighted by molar-refractivity contribution is 0.153. The van der Waals surface area contributed by atoms with Crippen LogP contribution in [0.25, 0.3) is 0 Å². The maximum atomic E-state index is 13.9. The molecule has 0 radical (unpaired) electrons. The maximum Gasteiger partial charge on any atom is 0.264 e. The number of nitrogens with one attached hydrogen (secondary N) is 1. The first-order valence-electron chi connectivity index (χ1n) is 8.74. The standard InChI is InChI=1S/C20H21FN2O3S.ClH/c1-27(24,25)26-20(18-6-3-11-23-18)19(16-4-2-5-17(21)12-16)15-9-7-14(13-22)8-10-15;/h2,4-5,7-10,12,18-20,23H,3,6,11H2,1H3;1H/t18-,19-,20+;/m1./s1. The third-order valence-electron chi connectivity index (χ3n) is 4.72. The van der Waals surface area contributed by atoms with Crippen molar-refractivity contribution in [1.82, 2.24) is 5.32 Å². The predicted molar refractivity (Wildman–Crippen MR) is 107 cm³/mol. The molecule has 0 saturated carbocycles. The van der Waals surface area contributed by atoms with Gasteiger partial charge in [0.1, 0.15) is 11.9 Å². The fourth-order valence-electron chi connectivity index (χ4n) is 3.59. The number of nitriles is 1. The zero-order chi connectivity index (χ0) is 19.4. The van der Waals surface area contributed by atoms with Crippen molar-refractivity contribution in [2.45, 2.75) is 30.9 Å². The van der Waals surface area contributed by atoms with Crippen molar-refractivity contribution in [3.63, 3.8) is 0 Å². The Labute approximate surface area is 171 Å². The molecule has 150 valence electrons. The monoisotopic (exact) mass is 424 g/mol. The smallest absolute Gasteiger partial charge is 0.264 e. The van der Waals surface area contributed by atoms with Crippen molar-refractivity contribution in [2.24, 2.45) is 0 Å². The molecule has 1 fully saturated rings. The fourth-order valence-corrected chi connectivity index (χ4v) is 4.23. The van der Waals surface area contributed by atoms with Crippen molar-refractivity contribution in [1.29, 1.82) is 5.26 Å². The van der Waals surface area contributed by atoms with E-state index in [1.807, 2.05) is 0 Å². The van der Waals surface area contributed by atoms with Crippen molar-refractivity contribution < 1.29 is 17.0 Å². The topological polar surface area (TPSA) is 79.2 Å². The first-order chi connectivity index (χ1) is 12.9. The van der Waals surface area contributed by atoms with Gasteiger partial charge in [-0.2, -0.15) is 13.7 Å². The van der Waals surface area contributed by atoms with Gasteiger partial charge < -0.3 is 5.32 Å². The van der Waals surface area contributed by atoms with Crippen LogP contribution in [0.4, 0.5) is 4.39 Å². The Bertz CT molecular complexity index is 939. The zero-order valence-electron chi connectivity index (χ0n) is 15.3. The molecule has 8 heteroatoms. The SMILES string of the molecule is CS(=O)(=O)O[C@H]([C@H](c1ccc(C#N)cc1)c1cccc(F)c1)[C@H]1CCCN1.Cl. The van der Waals surface area contributed by atoms with Gasteiger partial charge in [-0.05, 0) is 54.8 Å². The second-order valence-electron chi connectivity index (χ2n) is 6.73. The van der Waals surface area contributed by atoms with E-state index in [1.165, 1.54) is 12.1 Å². The van der Waals surface area contributed by atoms with E-state index < -0.39 is 28.0 Å². The van der Waals surface area contributed by atoms with Gasteiger partial charge in [0.2, 0.25) is 0 Å². The lowest BCUT2D eigenvalue weighted by Gasteiger charge is -2.31. The highest BCUT2D eigenvalue weighted by Gasteiger charge is 2.37. The highest BCUT2D eigenvalue weighted by Crippen LogP contribution is 2.35. The molecule has 0 amide bonds. The largest absolute Gasteiger partial charge is 0.311 e. The molecule has 5 nitrogen and oxygen atoms in total. The Hall–Kier alpha value is -1.98. The molecule has 1 aliphatic rings. The summed E-state index contributed by atoms with van der Waals surface area (Å²) in [6.07, 6.45) is 1.98. The molecule has 3 atom stereocenters. The first-order valence-corrected chi connectivity index (χ1v) is 10.6. The lowest BCUT2D eigenvalue weighted by atomic mass is 9.83. The van der Waals surface area contributed by atoms with E-state index in [4.69, 9.17) is 9.44 Å². The van der Waals surface area contributed by atoms with Crippen LogP contribution in [-0.4, -0.2) is 33.4 Å². The van der Waals surface area contributed by atoms with Crippen LogP contribution in [0.15, 0.2) is 48.5 Å². The third-order valence-corrected chi connectivity index (χ3v) is 5.29. The molecule has 1 heterocycles. The van der Waals surface area contributed by atoms with Gasteiger partial charge in [-0.25, -0.2) is 4.39 Å². The summed E-state index contributed by atoms with van der Waals surface area (Å²) in [4.78, 5) is 0. The summed E-state index contributed by atoms with van der Waals surface area (Å²) >= 11 is 0. The van der Waals surface area contributed by atoms with Gasteiger partial charge in [0.25, 0.3) is 10.1 Å². The summed E-state index contributed by atoms with van der Waals surface area (Å²) in [5, 5.41) is 12.3. The molecule has 0 unspecified atom stereocenters. The molecule has 28 heavy (non-hydrogen) atoms. The highest BCUT2D eigenvalue weighted by atomic mass is 35.5. The Morgan fingerprint density at radius 2 is 1.93 bits per heavy atom. The molecule has 0 aliphatic carbocycles. The van der Waals surface area contributed by atoms with E-state index >= 15 is 0 Å². The number of rotatable bonds is 6. The van der Waals surface area contributed by atoms with Crippen molar-refractivity contribution >= 4 is 22.5 Å². The van der Waals surface area contributed by atoms with E-state index in [0.717, 1.165) is 31.2 Å². The summed E-state index contributed by atoms with van der Waals surface area (Å²) in [5.74, 6) is -0.901. The molecule has 0 spiro atoms. The van der Waals surface area contributed by atoms with Crippen molar-refractivity contribution in [2.75, 3.05) is 12.8 Å². The number of benzene rings is 2. The quantitative estimate of drug-likeness (QED) is 0.719. The average Bonchev–Trinajstić information content (AvgIpc) is 3.15. The maximum absolute atomic E-state index is 13.9. The molecule has 0 bridgehead atoms. The summed E-state index contributed by atoms with van der Waals surface area (Å²) in [6.45, 7) is 0.775. The summed E-state index contributed by atoms with van der Waals surface area (Å²) < 4.78 is 43.4. The number of nitrogens with zero attached hydrogens (tertiary/aromatic N) is 1. The summed E-state index contributed by atoms with van der Waals surface area (Å²) in [7, 11) is -3.73. The third kappa shape index (κ3) is 5.52. The summed E-state index contributed by atoms with van der Waals surface area (Å²) in [5.41, 5.74) is 1.89. The van der Waals surface area contributed by atoms with Crippen LogP contribution in [0.1, 0.15) is 35.4 Å². The number of hydrogen-bond acceptors (Lipinski definition) is 5. The van der Waals surface area contributed by atoms with Crippen LogP contribution in [0, 0.1) is 17.1 Å². The molecule has 2 aromatic carbocycles. The first kappa shape index (κ1) is 22.3. The van der Waals surface area contributed by atoms with Crippen LogP contribution in [0.3, 0.4) is 0 Å². The van der Waals surface area contributed by atoms with Gasteiger partial charge in [0.05, 0.1) is 17.9 Å². The average molecular weight is 425 g/mol. The van der Waals surface area contributed by atoms with E-state index in [0.29, 0.717) is 11.1 Å². The minimum atomic E-state index is -3.73. The number of halogens is 2. The minimum absolute atomic E-state index is 0. The van der Waals surface area contributed by atoms with Crippen LogP contribution < -0.4 is 5.32 Å². The Kier molecular flexibility index (Phi) is 7.55. The van der Waals surface area contributed by atoms with Crippen molar-refractivity contribution in [3.05, 3.63) is 71.0 Å². The second kappa shape index (κ2) is 9.48. The van der Waals surface area contributed by atoms with Crippen LogP contribution in [0.5, 0.6) is 0 Å².